The van der Waals surface area contributed by atoms with Gasteiger partial charge in [-0.3, -0.25) is 0 Å². The number of carbonyl (C=O) groups is 1. The van der Waals surface area contributed by atoms with Gasteiger partial charge in [-0.05, 0) is 6.08 Å². The van der Waals surface area contributed by atoms with Gasteiger partial charge in [-0.2, -0.15) is 0 Å². The first-order valence-corrected chi connectivity index (χ1v) is 4.78. The van der Waals surface area contributed by atoms with Gasteiger partial charge < -0.3 is 5.11 Å². The molecule has 13 heavy (non-hydrogen) atoms. The molecule has 0 aliphatic carbocycles. The predicted octanol–water partition coefficient (Wildman–Crippen LogP) is 2.36. The van der Waals surface area contributed by atoms with E-state index in [0.717, 1.165) is 16.0 Å². The molecule has 1 heterocycles. The maximum atomic E-state index is 10.2. The highest BCUT2D eigenvalue weighted by Gasteiger charge is 2.03. The van der Waals surface area contributed by atoms with Gasteiger partial charge in [-0.1, -0.05) is 13.8 Å². The lowest BCUT2D eigenvalue weighted by Gasteiger charge is -1.94. The van der Waals surface area contributed by atoms with Crippen molar-refractivity contribution in [2.45, 2.75) is 19.8 Å². The van der Waals surface area contributed by atoms with Gasteiger partial charge in [0.15, 0.2) is 0 Å². The Morgan fingerprint density at radius 1 is 1.69 bits per heavy atom. The van der Waals surface area contributed by atoms with Gasteiger partial charge in [0.2, 0.25) is 0 Å². The lowest BCUT2D eigenvalue weighted by Crippen LogP contribution is -1.84. The Bertz CT molecular complexity index is 328. The second kappa shape index (κ2) is 4.18. The molecule has 0 aromatic carbocycles. The van der Waals surface area contributed by atoms with E-state index < -0.39 is 5.97 Å². The maximum Gasteiger partial charge on any atom is 0.328 e. The topological polar surface area (TPSA) is 50.2 Å². The van der Waals surface area contributed by atoms with Crippen molar-refractivity contribution in [1.29, 1.82) is 0 Å². The van der Waals surface area contributed by atoms with E-state index in [0.29, 0.717) is 5.92 Å². The third-order valence-corrected chi connectivity index (χ3v) is 2.69. The summed E-state index contributed by atoms with van der Waals surface area (Å²) in [5, 5.41) is 9.42. The SMILES string of the molecule is CC(C)c1ncc(/C=C/C(=O)O)s1. The quantitative estimate of drug-likeness (QED) is 0.757. The molecule has 1 aromatic rings. The van der Waals surface area contributed by atoms with Crippen LogP contribution in [0.15, 0.2) is 12.3 Å². The molecular formula is C9H11NO2S. The molecule has 3 nitrogen and oxygen atoms in total. The summed E-state index contributed by atoms with van der Waals surface area (Å²) >= 11 is 1.52. The lowest BCUT2D eigenvalue weighted by molar-refractivity contribution is -0.131. The standard InChI is InChI=1S/C9H11NO2S/c1-6(2)9-10-5-7(13-9)3-4-8(11)12/h3-6H,1-2H3,(H,11,12)/b4-3+. The Labute approximate surface area is 80.7 Å². The molecule has 0 radical (unpaired) electrons. The van der Waals surface area contributed by atoms with Crippen LogP contribution in [0, 0.1) is 0 Å². The Morgan fingerprint density at radius 2 is 2.38 bits per heavy atom. The first kappa shape index (κ1) is 9.92. The molecule has 0 saturated heterocycles. The molecule has 0 aliphatic heterocycles. The van der Waals surface area contributed by atoms with Crippen molar-refractivity contribution in [2.75, 3.05) is 0 Å². The molecule has 4 heteroatoms. The van der Waals surface area contributed by atoms with Crippen molar-refractivity contribution in [3.63, 3.8) is 0 Å². The van der Waals surface area contributed by atoms with Crippen LogP contribution in [0.25, 0.3) is 6.08 Å². The molecule has 1 aromatic heterocycles. The van der Waals surface area contributed by atoms with Crippen LogP contribution in [0.5, 0.6) is 0 Å². The molecule has 70 valence electrons. The smallest absolute Gasteiger partial charge is 0.328 e. The first-order chi connectivity index (χ1) is 6.09. The van der Waals surface area contributed by atoms with Gasteiger partial charge in [0.05, 0.1) is 5.01 Å². The number of nitrogens with zero attached hydrogens (tertiary/aromatic N) is 1. The molecule has 0 unspecified atom stereocenters. The van der Waals surface area contributed by atoms with Crippen LogP contribution in [0.4, 0.5) is 0 Å². The second-order valence-corrected chi connectivity index (χ2v) is 4.02. The highest BCUT2D eigenvalue weighted by atomic mass is 32.1. The van der Waals surface area contributed by atoms with Gasteiger partial charge >= 0.3 is 5.97 Å². The zero-order chi connectivity index (χ0) is 9.84. The number of carboxylic acids is 1. The van der Waals surface area contributed by atoms with E-state index in [2.05, 4.69) is 18.8 Å². The van der Waals surface area contributed by atoms with Crippen LogP contribution in [0.2, 0.25) is 0 Å². The van der Waals surface area contributed by atoms with Crippen molar-refractivity contribution < 1.29 is 9.90 Å². The summed E-state index contributed by atoms with van der Waals surface area (Å²) < 4.78 is 0. The van der Waals surface area contributed by atoms with Crippen LogP contribution in [-0.2, 0) is 4.79 Å². The Morgan fingerprint density at radius 3 is 2.85 bits per heavy atom. The van der Waals surface area contributed by atoms with E-state index in [1.807, 2.05) is 0 Å². The molecule has 0 saturated carbocycles. The summed E-state index contributed by atoms with van der Waals surface area (Å²) in [6, 6.07) is 0. The highest BCUT2D eigenvalue weighted by Crippen LogP contribution is 2.21. The molecule has 0 aliphatic rings. The summed E-state index contributed by atoms with van der Waals surface area (Å²) in [4.78, 5) is 15.3. The van der Waals surface area contributed by atoms with Crippen LogP contribution in [0.1, 0.15) is 29.7 Å². The summed E-state index contributed by atoms with van der Waals surface area (Å²) in [5.41, 5.74) is 0. The summed E-state index contributed by atoms with van der Waals surface area (Å²) in [6.45, 7) is 4.12. The normalized spacial score (nSPS) is 11.3. The molecular weight excluding hydrogens is 186 g/mol. The number of hydrogen-bond donors (Lipinski definition) is 1. The molecule has 0 spiro atoms. The largest absolute Gasteiger partial charge is 0.478 e. The van der Waals surface area contributed by atoms with Crippen LogP contribution < -0.4 is 0 Å². The molecule has 0 bridgehead atoms. The Balaban J connectivity index is 2.75. The molecule has 0 atom stereocenters. The predicted molar refractivity (Wildman–Crippen MR) is 52.9 cm³/mol. The first-order valence-electron chi connectivity index (χ1n) is 3.96. The third-order valence-electron chi connectivity index (χ3n) is 1.43. The Hall–Kier alpha value is -1.16. The minimum absolute atomic E-state index is 0.400. The molecule has 1 rings (SSSR count). The average Bonchev–Trinajstić information content (AvgIpc) is 2.48. The number of rotatable bonds is 3. The number of thiazole rings is 1. The zero-order valence-electron chi connectivity index (χ0n) is 7.52. The average molecular weight is 197 g/mol. The fraction of sp³-hybridized carbons (Fsp3) is 0.333. The van der Waals surface area contributed by atoms with Gasteiger partial charge in [0.25, 0.3) is 0 Å². The van der Waals surface area contributed by atoms with E-state index in [9.17, 15) is 4.79 Å². The monoisotopic (exact) mass is 197 g/mol. The highest BCUT2D eigenvalue weighted by molar-refractivity contribution is 7.12. The zero-order valence-corrected chi connectivity index (χ0v) is 8.34. The van der Waals surface area contributed by atoms with Gasteiger partial charge in [-0.15, -0.1) is 11.3 Å². The van der Waals surface area contributed by atoms with Crippen LogP contribution in [0.3, 0.4) is 0 Å². The van der Waals surface area contributed by atoms with E-state index in [-0.39, 0.29) is 0 Å². The van der Waals surface area contributed by atoms with Gasteiger partial charge in [-0.25, -0.2) is 9.78 Å². The summed E-state index contributed by atoms with van der Waals surface area (Å²) in [6.07, 6.45) is 4.38. The number of aliphatic carboxylic acids is 1. The molecule has 0 fully saturated rings. The number of hydrogen-bond acceptors (Lipinski definition) is 3. The van der Waals surface area contributed by atoms with E-state index >= 15 is 0 Å². The Kier molecular flexibility index (Phi) is 3.19. The fourth-order valence-electron chi connectivity index (χ4n) is 0.798. The van der Waals surface area contributed by atoms with Crippen molar-refractivity contribution in [3.05, 3.63) is 22.2 Å². The van der Waals surface area contributed by atoms with Crippen molar-refractivity contribution >= 4 is 23.4 Å². The maximum absolute atomic E-state index is 10.2. The van der Waals surface area contributed by atoms with E-state index in [1.54, 1.807) is 12.3 Å². The van der Waals surface area contributed by atoms with E-state index in [1.165, 1.54) is 11.3 Å². The van der Waals surface area contributed by atoms with Crippen molar-refractivity contribution in [1.82, 2.24) is 4.98 Å². The van der Waals surface area contributed by atoms with Gasteiger partial charge in [0, 0.05) is 23.1 Å². The van der Waals surface area contributed by atoms with Crippen molar-refractivity contribution in [2.24, 2.45) is 0 Å². The van der Waals surface area contributed by atoms with Crippen LogP contribution in [-0.4, -0.2) is 16.1 Å². The van der Waals surface area contributed by atoms with E-state index in [4.69, 9.17) is 5.11 Å². The lowest BCUT2D eigenvalue weighted by atomic mass is 10.2. The molecule has 0 amide bonds. The van der Waals surface area contributed by atoms with Crippen LogP contribution >= 0.6 is 11.3 Å². The van der Waals surface area contributed by atoms with Gasteiger partial charge in [0.1, 0.15) is 0 Å². The summed E-state index contributed by atoms with van der Waals surface area (Å²) in [7, 11) is 0. The fourth-order valence-corrected chi connectivity index (χ4v) is 1.62. The minimum atomic E-state index is -0.931. The second-order valence-electron chi connectivity index (χ2n) is 2.93. The third kappa shape index (κ3) is 2.99. The number of aromatic nitrogens is 1. The minimum Gasteiger partial charge on any atom is -0.478 e. The number of carboxylic acid groups (broad SMARTS) is 1. The van der Waals surface area contributed by atoms with Crippen molar-refractivity contribution in [3.8, 4) is 0 Å². The summed E-state index contributed by atoms with van der Waals surface area (Å²) in [5.74, 6) is -0.531. The molecule has 1 N–H and O–H groups in total.